The van der Waals surface area contributed by atoms with E-state index >= 15 is 0 Å². The average molecular weight is 284 g/mol. The molecule has 0 aromatic heterocycles. The molecule has 1 rings (SSSR count). The minimum absolute atomic E-state index is 0.0832. The van der Waals surface area contributed by atoms with Crippen molar-refractivity contribution in [2.45, 2.75) is 32.7 Å². The SMILES string of the molecule is CC[C@H](C)[C@H](NC(=O)Cc1ccccc1Cl)C(=O)O. The Labute approximate surface area is 117 Å². The van der Waals surface area contributed by atoms with Crippen LogP contribution >= 0.6 is 11.6 Å². The predicted molar refractivity (Wildman–Crippen MR) is 74.2 cm³/mol. The maximum Gasteiger partial charge on any atom is 0.326 e. The van der Waals surface area contributed by atoms with Gasteiger partial charge in [0.25, 0.3) is 0 Å². The van der Waals surface area contributed by atoms with E-state index in [0.717, 1.165) is 0 Å². The van der Waals surface area contributed by atoms with Gasteiger partial charge in [-0.25, -0.2) is 4.79 Å². The van der Waals surface area contributed by atoms with Crippen LogP contribution in [0.25, 0.3) is 0 Å². The molecule has 2 N–H and O–H groups in total. The first-order chi connectivity index (χ1) is 8.95. The Morgan fingerprint density at radius 3 is 2.53 bits per heavy atom. The third-order valence-electron chi connectivity index (χ3n) is 3.10. The van der Waals surface area contributed by atoms with Crippen molar-refractivity contribution in [1.29, 1.82) is 0 Å². The lowest BCUT2D eigenvalue weighted by molar-refractivity contribution is -0.143. The van der Waals surface area contributed by atoms with Gasteiger partial charge in [0, 0.05) is 5.02 Å². The smallest absolute Gasteiger partial charge is 0.326 e. The Bertz CT molecular complexity index is 462. The zero-order valence-corrected chi connectivity index (χ0v) is 11.8. The second-order valence-electron chi connectivity index (χ2n) is 4.54. The fraction of sp³-hybridized carbons (Fsp3) is 0.429. The summed E-state index contributed by atoms with van der Waals surface area (Å²) in [6.45, 7) is 3.69. The minimum atomic E-state index is -1.01. The standard InChI is InChI=1S/C14H18ClNO3/c1-3-9(2)13(14(18)19)16-12(17)8-10-6-4-5-7-11(10)15/h4-7,9,13H,3,8H2,1-2H3,(H,16,17)(H,18,19)/t9-,13-/m0/s1. The molecule has 19 heavy (non-hydrogen) atoms. The number of carboxylic acids is 1. The molecule has 0 heterocycles. The van der Waals surface area contributed by atoms with E-state index in [1.165, 1.54) is 0 Å². The number of carboxylic acid groups (broad SMARTS) is 1. The van der Waals surface area contributed by atoms with Crippen molar-refractivity contribution in [2.75, 3.05) is 0 Å². The van der Waals surface area contributed by atoms with Gasteiger partial charge in [0.05, 0.1) is 6.42 Å². The summed E-state index contributed by atoms with van der Waals surface area (Å²) < 4.78 is 0. The highest BCUT2D eigenvalue weighted by Gasteiger charge is 2.25. The minimum Gasteiger partial charge on any atom is -0.480 e. The van der Waals surface area contributed by atoms with Crippen LogP contribution in [0.5, 0.6) is 0 Å². The van der Waals surface area contributed by atoms with E-state index in [4.69, 9.17) is 16.7 Å². The Kier molecular flexibility index (Phi) is 5.83. The molecule has 0 aliphatic carbocycles. The zero-order chi connectivity index (χ0) is 14.4. The summed E-state index contributed by atoms with van der Waals surface area (Å²) in [5, 5.41) is 12.2. The topological polar surface area (TPSA) is 66.4 Å². The average Bonchev–Trinajstić information content (AvgIpc) is 2.37. The summed E-state index contributed by atoms with van der Waals surface area (Å²) in [6, 6.07) is 6.16. The van der Waals surface area contributed by atoms with Crippen molar-refractivity contribution in [3.63, 3.8) is 0 Å². The van der Waals surface area contributed by atoms with Crippen LogP contribution < -0.4 is 5.32 Å². The number of nitrogens with one attached hydrogen (secondary N) is 1. The molecule has 0 spiro atoms. The molecular weight excluding hydrogens is 266 g/mol. The van der Waals surface area contributed by atoms with Gasteiger partial charge < -0.3 is 10.4 Å². The Morgan fingerprint density at radius 2 is 2.00 bits per heavy atom. The highest BCUT2D eigenvalue weighted by Crippen LogP contribution is 2.16. The second kappa shape index (κ2) is 7.14. The first kappa shape index (κ1) is 15.5. The zero-order valence-electron chi connectivity index (χ0n) is 11.0. The number of halogens is 1. The van der Waals surface area contributed by atoms with Crippen LogP contribution in [0.1, 0.15) is 25.8 Å². The third-order valence-corrected chi connectivity index (χ3v) is 3.47. The number of benzene rings is 1. The maximum atomic E-state index is 11.9. The van der Waals surface area contributed by atoms with Crippen molar-refractivity contribution in [3.8, 4) is 0 Å². The molecule has 0 aliphatic rings. The van der Waals surface area contributed by atoms with Gasteiger partial charge in [-0.05, 0) is 17.5 Å². The summed E-state index contributed by atoms with van der Waals surface area (Å²) >= 11 is 5.96. The lowest BCUT2D eigenvalue weighted by atomic mass is 9.99. The normalized spacial score (nSPS) is 13.6. The van der Waals surface area contributed by atoms with Crippen LogP contribution in [-0.2, 0) is 16.0 Å². The van der Waals surface area contributed by atoms with E-state index in [1.54, 1.807) is 31.2 Å². The van der Waals surface area contributed by atoms with Gasteiger partial charge in [-0.2, -0.15) is 0 Å². The highest BCUT2D eigenvalue weighted by atomic mass is 35.5. The van der Waals surface area contributed by atoms with Crippen molar-refractivity contribution < 1.29 is 14.7 Å². The van der Waals surface area contributed by atoms with Crippen molar-refractivity contribution >= 4 is 23.5 Å². The molecular formula is C14H18ClNO3. The van der Waals surface area contributed by atoms with Crippen molar-refractivity contribution in [2.24, 2.45) is 5.92 Å². The lowest BCUT2D eigenvalue weighted by Gasteiger charge is -2.20. The number of aliphatic carboxylic acids is 1. The molecule has 5 heteroatoms. The van der Waals surface area contributed by atoms with E-state index in [9.17, 15) is 9.59 Å². The Morgan fingerprint density at radius 1 is 1.37 bits per heavy atom. The fourth-order valence-corrected chi connectivity index (χ4v) is 1.92. The summed E-state index contributed by atoms with van der Waals surface area (Å²) in [4.78, 5) is 23.0. The van der Waals surface area contributed by atoms with E-state index in [-0.39, 0.29) is 18.2 Å². The molecule has 0 aliphatic heterocycles. The fourth-order valence-electron chi connectivity index (χ4n) is 1.72. The Hall–Kier alpha value is -1.55. The maximum absolute atomic E-state index is 11.9. The van der Waals surface area contributed by atoms with E-state index in [2.05, 4.69) is 5.32 Å². The molecule has 0 unspecified atom stereocenters. The van der Waals surface area contributed by atoms with Crippen LogP contribution in [-0.4, -0.2) is 23.0 Å². The summed E-state index contributed by atoms with van der Waals surface area (Å²) in [5.74, 6) is -1.46. The molecule has 104 valence electrons. The van der Waals surface area contributed by atoms with E-state index in [1.807, 2.05) is 6.92 Å². The molecule has 0 radical (unpaired) electrons. The van der Waals surface area contributed by atoms with Gasteiger partial charge >= 0.3 is 5.97 Å². The first-order valence-electron chi connectivity index (χ1n) is 6.21. The molecule has 1 aromatic rings. The monoisotopic (exact) mass is 283 g/mol. The molecule has 1 amide bonds. The van der Waals surface area contributed by atoms with Crippen molar-refractivity contribution in [3.05, 3.63) is 34.9 Å². The number of hydrogen-bond acceptors (Lipinski definition) is 2. The summed E-state index contributed by atoms with van der Waals surface area (Å²) in [6.07, 6.45) is 0.767. The third kappa shape index (κ3) is 4.56. The summed E-state index contributed by atoms with van der Waals surface area (Å²) in [5.41, 5.74) is 0.690. The quantitative estimate of drug-likeness (QED) is 0.843. The van der Waals surface area contributed by atoms with Crippen LogP contribution in [0.4, 0.5) is 0 Å². The van der Waals surface area contributed by atoms with E-state index < -0.39 is 12.0 Å². The first-order valence-corrected chi connectivity index (χ1v) is 6.59. The van der Waals surface area contributed by atoms with Gasteiger partial charge in [-0.3, -0.25) is 4.79 Å². The molecule has 0 fully saturated rings. The van der Waals surface area contributed by atoms with Gasteiger partial charge in [-0.1, -0.05) is 50.1 Å². The largest absolute Gasteiger partial charge is 0.480 e. The van der Waals surface area contributed by atoms with Crippen LogP contribution in [0, 0.1) is 5.92 Å². The predicted octanol–water partition coefficient (Wildman–Crippen LogP) is 2.50. The molecule has 1 aromatic carbocycles. The van der Waals surface area contributed by atoms with Gasteiger partial charge in [0.2, 0.25) is 5.91 Å². The molecule has 4 nitrogen and oxygen atoms in total. The number of carbonyl (C=O) groups excluding carboxylic acids is 1. The lowest BCUT2D eigenvalue weighted by Crippen LogP contribution is -2.45. The van der Waals surface area contributed by atoms with Gasteiger partial charge in [0.15, 0.2) is 0 Å². The van der Waals surface area contributed by atoms with E-state index in [0.29, 0.717) is 17.0 Å². The molecule has 2 atom stereocenters. The number of amides is 1. The highest BCUT2D eigenvalue weighted by molar-refractivity contribution is 6.31. The van der Waals surface area contributed by atoms with Crippen LogP contribution in [0.3, 0.4) is 0 Å². The molecule has 0 saturated heterocycles. The molecule has 0 bridgehead atoms. The van der Waals surface area contributed by atoms with Crippen molar-refractivity contribution in [1.82, 2.24) is 5.32 Å². The number of carbonyl (C=O) groups is 2. The second-order valence-corrected chi connectivity index (χ2v) is 4.94. The number of rotatable bonds is 6. The van der Waals surface area contributed by atoms with Crippen LogP contribution in [0.2, 0.25) is 5.02 Å². The number of hydrogen-bond donors (Lipinski definition) is 2. The molecule has 0 saturated carbocycles. The van der Waals surface area contributed by atoms with Gasteiger partial charge in [0.1, 0.15) is 6.04 Å². The van der Waals surface area contributed by atoms with Gasteiger partial charge in [-0.15, -0.1) is 0 Å². The Balaban J connectivity index is 2.68. The summed E-state index contributed by atoms with van der Waals surface area (Å²) in [7, 11) is 0. The van der Waals surface area contributed by atoms with Crippen LogP contribution in [0.15, 0.2) is 24.3 Å².